The molecule has 5 heteroatoms. The molecule has 0 heterocycles. The van der Waals surface area contributed by atoms with E-state index >= 15 is 0 Å². The molecule has 0 spiro atoms. The van der Waals surface area contributed by atoms with E-state index in [1.165, 1.54) is 0 Å². The van der Waals surface area contributed by atoms with Crippen molar-refractivity contribution in [2.45, 2.75) is 26.7 Å². The fourth-order valence-electron chi connectivity index (χ4n) is 1.58. The lowest BCUT2D eigenvalue weighted by Gasteiger charge is -2.08. The molecule has 1 aromatic carbocycles. The number of aryl methyl sites for hydroxylation is 1. The van der Waals surface area contributed by atoms with Crippen LogP contribution in [-0.4, -0.2) is 21.6 Å². The molecule has 0 bridgehead atoms. The van der Waals surface area contributed by atoms with E-state index < -0.39 is 10.8 Å². The molecule has 0 aliphatic heterocycles. The SMILES string of the molecule is CCCS(=O)CCC(=O)Nc1ccc(N)cc1C. The quantitative estimate of drug-likeness (QED) is 0.776. The lowest BCUT2D eigenvalue weighted by molar-refractivity contribution is -0.115. The Labute approximate surface area is 110 Å². The van der Waals surface area contributed by atoms with E-state index in [-0.39, 0.29) is 12.3 Å². The Bertz CT molecular complexity index is 447. The van der Waals surface area contributed by atoms with Crippen LogP contribution in [0.1, 0.15) is 25.3 Å². The molecule has 0 saturated heterocycles. The molecule has 1 amide bonds. The maximum Gasteiger partial charge on any atom is 0.225 e. The van der Waals surface area contributed by atoms with Crippen LogP contribution < -0.4 is 11.1 Å². The van der Waals surface area contributed by atoms with Crippen molar-refractivity contribution in [1.82, 2.24) is 0 Å². The van der Waals surface area contributed by atoms with Gasteiger partial charge in [-0.2, -0.15) is 0 Å². The number of carbonyl (C=O) groups is 1. The van der Waals surface area contributed by atoms with E-state index in [0.717, 1.165) is 17.7 Å². The number of carbonyl (C=O) groups excluding carboxylic acids is 1. The zero-order valence-corrected chi connectivity index (χ0v) is 11.7. The fraction of sp³-hybridized carbons (Fsp3) is 0.462. The predicted molar refractivity (Wildman–Crippen MR) is 77.0 cm³/mol. The molecule has 1 rings (SSSR count). The van der Waals surface area contributed by atoms with Gasteiger partial charge in [-0.3, -0.25) is 9.00 Å². The smallest absolute Gasteiger partial charge is 0.225 e. The van der Waals surface area contributed by atoms with Gasteiger partial charge in [-0.05, 0) is 37.1 Å². The molecule has 3 N–H and O–H groups in total. The zero-order chi connectivity index (χ0) is 13.5. The van der Waals surface area contributed by atoms with Gasteiger partial charge in [-0.15, -0.1) is 0 Å². The van der Waals surface area contributed by atoms with Crippen LogP contribution in [0, 0.1) is 6.92 Å². The van der Waals surface area contributed by atoms with Crippen LogP contribution in [0.2, 0.25) is 0 Å². The van der Waals surface area contributed by atoms with Crippen molar-refractivity contribution in [3.05, 3.63) is 23.8 Å². The molecule has 0 fully saturated rings. The number of nitrogen functional groups attached to an aromatic ring is 1. The van der Waals surface area contributed by atoms with Gasteiger partial charge in [0.25, 0.3) is 0 Å². The summed E-state index contributed by atoms with van der Waals surface area (Å²) in [6.45, 7) is 3.87. The second-order valence-electron chi connectivity index (χ2n) is 4.22. The van der Waals surface area contributed by atoms with E-state index in [1.807, 2.05) is 19.9 Å². The van der Waals surface area contributed by atoms with Crippen LogP contribution in [0.5, 0.6) is 0 Å². The Kier molecular flexibility index (Phi) is 5.85. The molecule has 1 aromatic rings. The van der Waals surface area contributed by atoms with Gasteiger partial charge >= 0.3 is 0 Å². The van der Waals surface area contributed by atoms with Crippen LogP contribution in [-0.2, 0) is 15.6 Å². The van der Waals surface area contributed by atoms with Crippen molar-refractivity contribution >= 4 is 28.1 Å². The van der Waals surface area contributed by atoms with Gasteiger partial charge in [0.05, 0.1) is 0 Å². The second kappa shape index (κ2) is 7.16. The first-order valence-electron chi connectivity index (χ1n) is 6.04. The summed E-state index contributed by atoms with van der Waals surface area (Å²) in [5.41, 5.74) is 8.00. The highest BCUT2D eigenvalue weighted by molar-refractivity contribution is 7.84. The summed E-state index contributed by atoms with van der Waals surface area (Å²) in [6.07, 6.45) is 1.17. The lowest BCUT2D eigenvalue weighted by Crippen LogP contribution is -2.16. The number of hydrogen-bond acceptors (Lipinski definition) is 3. The summed E-state index contributed by atoms with van der Waals surface area (Å²) in [7, 11) is -0.888. The van der Waals surface area contributed by atoms with E-state index in [9.17, 15) is 9.00 Å². The maximum atomic E-state index is 11.7. The zero-order valence-electron chi connectivity index (χ0n) is 10.9. The predicted octanol–water partition coefficient (Wildman–Crippen LogP) is 2.06. The number of nitrogens with one attached hydrogen (secondary N) is 1. The number of hydrogen-bond donors (Lipinski definition) is 2. The summed E-state index contributed by atoms with van der Waals surface area (Å²) in [5.74, 6) is 0.981. The lowest BCUT2D eigenvalue weighted by atomic mass is 10.2. The van der Waals surface area contributed by atoms with Gasteiger partial charge in [0.1, 0.15) is 0 Å². The van der Waals surface area contributed by atoms with Crippen LogP contribution in [0.25, 0.3) is 0 Å². The highest BCUT2D eigenvalue weighted by Gasteiger charge is 2.07. The fourth-order valence-corrected chi connectivity index (χ4v) is 2.65. The summed E-state index contributed by atoms with van der Waals surface area (Å²) in [6, 6.07) is 5.34. The Morgan fingerprint density at radius 3 is 2.72 bits per heavy atom. The molecular formula is C13H20N2O2S. The van der Waals surface area contributed by atoms with Gasteiger partial charge in [-0.25, -0.2) is 0 Å². The van der Waals surface area contributed by atoms with Crippen molar-refractivity contribution < 1.29 is 9.00 Å². The normalized spacial score (nSPS) is 12.1. The molecule has 0 radical (unpaired) electrons. The first kappa shape index (κ1) is 14.7. The summed E-state index contributed by atoms with van der Waals surface area (Å²) < 4.78 is 11.4. The monoisotopic (exact) mass is 268 g/mol. The van der Waals surface area contributed by atoms with Crippen molar-refractivity contribution in [3.63, 3.8) is 0 Å². The minimum absolute atomic E-state index is 0.104. The Hall–Kier alpha value is -1.36. The maximum absolute atomic E-state index is 11.7. The largest absolute Gasteiger partial charge is 0.399 e. The molecule has 0 aromatic heterocycles. The standard InChI is InChI=1S/C13H20N2O2S/c1-3-7-18(17)8-6-13(16)15-12-5-4-11(14)9-10(12)2/h4-5,9H,3,6-8,14H2,1-2H3,(H,15,16). The molecule has 4 nitrogen and oxygen atoms in total. The number of amides is 1. The first-order chi connectivity index (χ1) is 8.52. The number of benzene rings is 1. The van der Waals surface area contributed by atoms with E-state index in [2.05, 4.69) is 5.32 Å². The van der Waals surface area contributed by atoms with Gasteiger partial charge in [0.15, 0.2) is 0 Å². The molecule has 0 saturated carbocycles. The van der Waals surface area contributed by atoms with Crippen molar-refractivity contribution in [1.29, 1.82) is 0 Å². The molecule has 0 aliphatic rings. The third-order valence-electron chi connectivity index (χ3n) is 2.51. The number of anilines is 2. The average molecular weight is 268 g/mol. The molecule has 100 valence electrons. The minimum atomic E-state index is -0.888. The van der Waals surface area contributed by atoms with Crippen LogP contribution in [0.4, 0.5) is 11.4 Å². The highest BCUT2D eigenvalue weighted by atomic mass is 32.2. The Morgan fingerprint density at radius 2 is 2.11 bits per heavy atom. The molecule has 18 heavy (non-hydrogen) atoms. The van der Waals surface area contributed by atoms with Crippen LogP contribution in [0.3, 0.4) is 0 Å². The Morgan fingerprint density at radius 1 is 1.39 bits per heavy atom. The van der Waals surface area contributed by atoms with Gasteiger partial charge < -0.3 is 11.1 Å². The minimum Gasteiger partial charge on any atom is -0.399 e. The third-order valence-corrected chi connectivity index (χ3v) is 4.04. The van der Waals surface area contributed by atoms with Crippen LogP contribution in [0.15, 0.2) is 18.2 Å². The van der Waals surface area contributed by atoms with Gasteiger partial charge in [0, 0.05) is 40.1 Å². The van der Waals surface area contributed by atoms with Gasteiger partial charge in [-0.1, -0.05) is 6.92 Å². The third kappa shape index (κ3) is 4.87. The summed E-state index contributed by atoms with van der Waals surface area (Å²) in [5, 5.41) is 2.81. The van der Waals surface area contributed by atoms with E-state index in [4.69, 9.17) is 5.73 Å². The summed E-state index contributed by atoms with van der Waals surface area (Å²) >= 11 is 0. The summed E-state index contributed by atoms with van der Waals surface area (Å²) in [4.78, 5) is 11.7. The van der Waals surface area contributed by atoms with Crippen molar-refractivity contribution in [3.8, 4) is 0 Å². The van der Waals surface area contributed by atoms with Crippen LogP contribution >= 0.6 is 0 Å². The molecule has 1 unspecified atom stereocenters. The van der Waals surface area contributed by atoms with Crippen molar-refractivity contribution in [2.75, 3.05) is 22.6 Å². The van der Waals surface area contributed by atoms with Gasteiger partial charge in [0.2, 0.25) is 5.91 Å². The first-order valence-corrected chi connectivity index (χ1v) is 7.52. The molecule has 1 atom stereocenters. The molecule has 0 aliphatic carbocycles. The Balaban J connectivity index is 2.47. The average Bonchev–Trinajstić information content (AvgIpc) is 2.31. The topological polar surface area (TPSA) is 72.2 Å². The second-order valence-corrected chi connectivity index (χ2v) is 5.92. The van der Waals surface area contributed by atoms with E-state index in [1.54, 1.807) is 12.1 Å². The highest BCUT2D eigenvalue weighted by Crippen LogP contribution is 2.17. The number of rotatable bonds is 6. The molecular weight excluding hydrogens is 248 g/mol. The number of nitrogens with two attached hydrogens (primary N) is 1. The van der Waals surface area contributed by atoms with Crippen molar-refractivity contribution in [2.24, 2.45) is 0 Å². The van der Waals surface area contributed by atoms with E-state index in [0.29, 0.717) is 17.2 Å².